The van der Waals surface area contributed by atoms with E-state index in [4.69, 9.17) is 5.41 Å². The van der Waals surface area contributed by atoms with Gasteiger partial charge in [-0.2, -0.15) is 0 Å². The first-order valence-electron chi connectivity index (χ1n) is 5.51. The third-order valence-electron chi connectivity index (χ3n) is 2.57. The second kappa shape index (κ2) is 5.25. The lowest BCUT2D eigenvalue weighted by Gasteiger charge is -2.19. The Kier molecular flexibility index (Phi) is 3.50. The van der Waals surface area contributed by atoms with Gasteiger partial charge in [-0.1, -0.05) is 36.4 Å². The lowest BCUT2D eigenvalue weighted by Crippen LogP contribution is -2.26. The van der Waals surface area contributed by atoms with Crippen LogP contribution in [0.3, 0.4) is 0 Å². The van der Waals surface area contributed by atoms with Crippen LogP contribution in [0.5, 0.6) is 0 Å². The zero-order valence-electron chi connectivity index (χ0n) is 9.80. The highest BCUT2D eigenvalue weighted by molar-refractivity contribution is 5.96. The first-order valence-corrected chi connectivity index (χ1v) is 5.51. The summed E-state index contributed by atoms with van der Waals surface area (Å²) < 4.78 is 0. The summed E-state index contributed by atoms with van der Waals surface area (Å²) in [6.07, 6.45) is 3.58. The van der Waals surface area contributed by atoms with Crippen molar-refractivity contribution in [1.29, 1.82) is 5.41 Å². The lowest BCUT2D eigenvalue weighted by molar-refractivity contribution is 0.497. The fourth-order valence-electron chi connectivity index (χ4n) is 1.66. The second-order valence-electron chi connectivity index (χ2n) is 3.93. The van der Waals surface area contributed by atoms with Gasteiger partial charge in [0, 0.05) is 31.5 Å². The van der Waals surface area contributed by atoms with E-state index in [-0.39, 0.29) is 0 Å². The van der Waals surface area contributed by atoms with Gasteiger partial charge in [0.25, 0.3) is 0 Å². The van der Waals surface area contributed by atoms with Gasteiger partial charge in [-0.3, -0.25) is 10.4 Å². The first-order chi connectivity index (χ1) is 8.27. The number of benzene rings is 1. The molecule has 0 aliphatic carbocycles. The Bertz CT molecular complexity index is 479. The van der Waals surface area contributed by atoms with Gasteiger partial charge in [0.05, 0.1) is 0 Å². The molecule has 0 aliphatic heterocycles. The Balaban J connectivity index is 2.06. The average molecular weight is 225 g/mol. The standard InChI is InChI=1S/C14H15N3/c1-17(11-12-6-5-9-16-10-12)14(15)13-7-3-2-4-8-13/h2-10,15H,11H2,1H3. The highest BCUT2D eigenvalue weighted by atomic mass is 15.1. The molecule has 0 aliphatic rings. The van der Waals surface area contributed by atoms with Crippen molar-refractivity contribution in [2.45, 2.75) is 6.54 Å². The Morgan fingerprint density at radius 2 is 1.94 bits per heavy atom. The van der Waals surface area contributed by atoms with Crippen LogP contribution in [0, 0.1) is 5.41 Å². The highest BCUT2D eigenvalue weighted by Crippen LogP contribution is 2.07. The van der Waals surface area contributed by atoms with Crippen LogP contribution in [-0.2, 0) is 6.54 Å². The number of amidine groups is 1. The quantitative estimate of drug-likeness (QED) is 0.644. The van der Waals surface area contributed by atoms with Crippen molar-refractivity contribution in [1.82, 2.24) is 9.88 Å². The van der Waals surface area contributed by atoms with E-state index in [1.54, 1.807) is 6.20 Å². The van der Waals surface area contributed by atoms with E-state index in [2.05, 4.69) is 4.98 Å². The van der Waals surface area contributed by atoms with Crippen LogP contribution in [0.1, 0.15) is 11.1 Å². The van der Waals surface area contributed by atoms with Crippen LogP contribution in [-0.4, -0.2) is 22.8 Å². The van der Waals surface area contributed by atoms with Gasteiger partial charge in [-0.15, -0.1) is 0 Å². The topological polar surface area (TPSA) is 40.0 Å². The minimum atomic E-state index is 0.523. The Morgan fingerprint density at radius 3 is 2.59 bits per heavy atom. The lowest BCUT2D eigenvalue weighted by atomic mass is 10.2. The van der Waals surface area contributed by atoms with E-state index in [9.17, 15) is 0 Å². The van der Waals surface area contributed by atoms with E-state index < -0.39 is 0 Å². The number of nitrogens with zero attached hydrogens (tertiary/aromatic N) is 2. The summed E-state index contributed by atoms with van der Waals surface area (Å²) in [5.74, 6) is 0.523. The van der Waals surface area contributed by atoms with Crippen LogP contribution < -0.4 is 0 Å². The minimum Gasteiger partial charge on any atom is -0.355 e. The van der Waals surface area contributed by atoms with Gasteiger partial charge < -0.3 is 4.90 Å². The number of hydrogen-bond donors (Lipinski definition) is 1. The summed E-state index contributed by atoms with van der Waals surface area (Å²) in [5.41, 5.74) is 2.04. The SMILES string of the molecule is CN(Cc1cccnc1)C(=N)c1ccccc1. The molecule has 0 atom stereocenters. The Hall–Kier alpha value is -2.16. The van der Waals surface area contributed by atoms with Crippen molar-refractivity contribution >= 4 is 5.84 Å². The molecular formula is C14H15N3. The van der Waals surface area contributed by atoms with Crippen molar-refractivity contribution in [2.75, 3.05) is 7.05 Å². The fourth-order valence-corrected chi connectivity index (χ4v) is 1.66. The second-order valence-corrected chi connectivity index (χ2v) is 3.93. The van der Waals surface area contributed by atoms with Gasteiger partial charge in [0.1, 0.15) is 5.84 Å². The number of aromatic nitrogens is 1. The summed E-state index contributed by atoms with van der Waals surface area (Å²) in [5, 5.41) is 8.09. The smallest absolute Gasteiger partial charge is 0.128 e. The maximum Gasteiger partial charge on any atom is 0.128 e. The molecule has 17 heavy (non-hydrogen) atoms. The number of pyridine rings is 1. The summed E-state index contributed by atoms with van der Waals surface area (Å²) in [6, 6.07) is 13.7. The zero-order valence-corrected chi connectivity index (χ0v) is 9.80. The molecule has 3 nitrogen and oxygen atoms in total. The van der Waals surface area contributed by atoms with E-state index in [1.165, 1.54) is 0 Å². The monoisotopic (exact) mass is 225 g/mol. The maximum absolute atomic E-state index is 8.09. The van der Waals surface area contributed by atoms with Gasteiger partial charge in [0.2, 0.25) is 0 Å². The van der Waals surface area contributed by atoms with Crippen molar-refractivity contribution in [3.05, 3.63) is 66.0 Å². The normalized spacial score (nSPS) is 9.94. The summed E-state index contributed by atoms with van der Waals surface area (Å²) in [7, 11) is 1.92. The molecule has 0 bridgehead atoms. The summed E-state index contributed by atoms with van der Waals surface area (Å²) in [4.78, 5) is 5.98. The summed E-state index contributed by atoms with van der Waals surface area (Å²) in [6.45, 7) is 0.696. The van der Waals surface area contributed by atoms with Crippen LogP contribution in [0.2, 0.25) is 0 Å². The third-order valence-corrected chi connectivity index (χ3v) is 2.57. The van der Waals surface area contributed by atoms with Crippen molar-refractivity contribution in [3.63, 3.8) is 0 Å². The van der Waals surface area contributed by atoms with E-state index >= 15 is 0 Å². The third kappa shape index (κ3) is 2.91. The molecule has 86 valence electrons. The molecule has 0 fully saturated rings. The molecule has 3 heteroatoms. The molecule has 1 aromatic carbocycles. The molecule has 2 aromatic rings. The average Bonchev–Trinajstić information content (AvgIpc) is 2.40. The molecule has 1 aromatic heterocycles. The van der Waals surface area contributed by atoms with Crippen molar-refractivity contribution in [2.24, 2.45) is 0 Å². The Labute approximate surface area is 101 Å². The van der Waals surface area contributed by atoms with Crippen LogP contribution >= 0.6 is 0 Å². The number of rotatable bonds is 3. The molecule has 0 saturated heterocycles. The minimum absolute atomic E-state index is 0.523. The number of hydrogen-bond acceptors (Lipinski definition) is 2. The Morgan fingerprint density at radius 1 is 1.18 bits per heavy atom. The zero-order chi connectivity index (χ0) is 12.1. The highest BCUT2D eigenvalue weighted by Gasteiger charge is 2.07. The largest absolute Gasteiger partial charge is 0.355 e. The van der Waals surface area contributed by atoms with E-state index in [0.717, 1.165) is 11.1 Å². The van der Waals surface area contributed by atoms with E-state index in [0.29, 0.717) is 12.4 Å². The molecule has 0 unspecified atom stereocenters. The van der Waals surface area contributed by atoms with Gasteiger partial charge in [0.15, 0.2) is 0 Å². The van der Waals surface area contributed by atoms with Gasteiger partial charge >= 0.3 is 0 Å². The van der Waals surface area contributed by atoms with Gasteiger partial charge in [-0.05, 0) is 11.6 Å². The van der Waals surface area contributed by atoms with Crippen molar-refractivity contribution in [3.8, 4) is 0 Å². The van der Waals surface area contributed by atoms with E-state index in [1.807, 2.05) is 60.6 Å². The molecular weight excluding hydrogens is 210 g/mol. The van der Waals surface area contributed by atoms with Gasteiger partial charge in [-0.25, -0.2) is 0 Å². The first kappa shape index (κ1) is 11.3. The maximum atomic E-state index is 8.09. The van der Waals surface area contributed by atoms with Crippen LogP contribution in [0.25, 0.3) is 0 Å². The molecule has 0 radical (unpaired) electrons. The predicted molar refractivity (Wildman–Crippen MR) is 69.0 cm³/mol. The number of nitrogens with one attached hydrogen (secondary N) is 1. The molecule has 1 N–H and O–H groups in total. The molecule has 2 rings (SSSR count). The fraction of sp³-hybridized carbons (Fsp3) is 0.143. The van der Waals surface area contributed by atoms with Crippen LogP contribution in [0.4, 0.5) is 0 Å². The van der Waals surface area contributed by atoms with Crippen molar-refractivity contribution < 1.29 is 0 Å². The predicted octanol–water partition coefficient (Wildman–Crippen LogP) is 2.54. The molecule has 0 saturated carbocycles. The molecule has 0 spiro atoms. The summed E-state index contributed by atoms with van der Waals surface area (Å²) >= 11 is 0. The molecule has 1 heterocycles. The van der Waals surface area contributed by atoms with Crippen LogP contribution in [0.15, 0.2) is 54.9 Å². The molecule has 0 amide bonds.